The largest absolute Gasteiger partial charge is 0.418 e. The number of halogens is 3. The summed E-state index contributed by atoms with van der Waals surface area (Å²) in [5.41, 5.74) is 9.39. The second-order valence-electron chi connectivity index (χ2n) is 6.32. The van der Waals surface area contributed by atoms with Gasteiger partial charge in [-0.2, -0.15) is 18.2 Å². The summed E-state index contributed by atoms with van der Waals surface area (Å²) in [5, 5.41) is 0. The predicted octanol–water partition coefficient (Wildman–Crippen LogP) is 2.60. The fourth-order valence-electron chi connectivity index (χ4n) is 2.78. The van der Waals surface area contributed by atoms with E-state index in [1.807, 2.05) is 0 Å². The Labute approximate surface area is 165 Å². The monoisotopic (exact) mass is 428 g/mol. The number of nitrogens with two attached hydrogens (primary N) is 2. The second kappa shape index (κ2) is 7.74. The van der Waals surface area contributed by atoms with Crippen LogP contribution in [0.1, 0.15) is 21.5 Å². The van der Waals surface area contributed by atoms with Gasteiger partial charge in [-0.1, -0.05) is 12.1 Å². The summed E-state index contributed by atoms with van der Waals surface area (Å²) in [5.74, 6) is -1.37. The molecule has 1 amide bonds. The highest BCUT2D eigenvalue weighted by Gasteiger charge is 2.35. The van der Waals surface area contributed by atoms with Crippen LogP contribution in [0, 0.1) is 6.92 Å². The van der Waals surface area contributed by atoms with Crippen LogP contribution in [0.5, 0.6) is 0 Å². The van der Waals surface area contributed by atoms with Crippen molar-refractivity contribution in [3.05, 3.63) is 53.1 Å². The average molecular weight is 428 g/mol. The van der Waals surface area contributed by atoms with Crippen molar-refractivity contribution in [2.75, 3.05) is 18.2 Å². The standard InChI is InChI=1S/C18H19F3N4O3S/c1-10-8-14(25(2)13-7-5-4-6-12(13)18(19,20)21)15(29(3,27)28)9-11(10)16(26)24-17(22)23/h4-9H,1-3H3,(H4,22,23,24,26). The number of guanidine groups is 1. The van der Waals surface area contributed by atoms with Gasteiger partial charge < -0.3 is 16.4 Å². The highest BCUT2D eigenvalue weighted by atomic mass is 32.2. The quantitative estimate of drug-likeness (QED) is 0.571. The summed E-state index contributed by atoms with van der Waals surface area (Å²) in [6.45, 7) is 1.49. The molecule has 0 unspecified atom stereocenters. The average Bonchev–Trinajstić information content (AvgIpc) is 2.58. The van der Waals surface area contributed by atoms with Gasteiger partial charge in [0, 0.05) is 18.9 Å². The van der Waals surface area contributed by atoms with Gasteiger partial charge in [-0.3, -0.25) is 4.79 Å². The molecule has 0 atom stereocenters. The van der Waals surface area contributed by atoms with E-state index >= 15 is 0 Å². The van der Waals surface area contributed by atoms with E-state index < -0.39 is 33.4 Å². The van der Waals surface area contributed by atoms with Gasteiger partial charge in [-0.25, -0.2) is 8.42 Å². The van der Waals surface area contributed by atoms with E-state index in [9.17, 15) is 26.4 Å². The zero-order valence-corrected chi connectivity index (χ0v) is 16.6. The number of aliphatic imine (C=N–C) groups is 1. The Morgan fingerprint density at radius 1 is 1.10 bits per heavy atom. The molecule has 0 saturated carbocycles. The number of alkyl halides is 3. The van der Waals surface area contributed by atoms with Crippen LogP contribution in [0.25, 0.3) is 0 Å². The molecule has 0 saturated heterocycles. The molecule has 2 rings (SSSR count). The number of nitrogens with zero attached hydrogens (tertiary/aromatic N) is 2. The highest BCUT2D eigenvalue weighted by Crippen LogP contribution is 2.40. The maximum atomic E-state index is 13.4. The van der Waals surface area contributed by atoms with Gasteiger partial charge in [0.2, 0.25) is 0 Å². The van der Waals surface area contributed by atoms with E-state index in [1.165, 1.54) is 38.2 Å². The molecule has 29 heavy (non-hydrogen) atoms. The normalized spacial score (nSPS) is 11.8. The molecule has 0 radical (unpaired) electrons. The smallest absolute Gasteiger partial charge is 0.370 e. The molecule has 0 spiro atoms. The van der Waals surface area contributed by atoms with Gasteiger partial charge in [0.15, 0.2) is 15.8 Å². The van der Waals surface area contributed by atoms with Gasteiger partial charge in [-0.15, -0.1) is 0 Å². The van der Waals surface area contributed by atoms with E-state index in [4.69, 9.17) is 11.5 Å². The van der Waals surface area contributed by atoms with E-state index in [0.717, 1.165) is 23.3 Å². The number of para-hydroxylation sites is 1. The number of sulfone groups is 1. The fourth-order valence-corrected chi connectivity index (χ4v) is 3.68. The molecule has 2 aromatic rings. The number of benzene rings is 2. The van der Waals surface area contributed by atoms with Crippen LogP contribution in [0.4, 0.5) is 24.5 Å². The zero-order chi connectivity index (χ0) is 22.1. The molecular weight excluding hydrogens is 409 g/mol. The number of amides is 1. The lowest BCUT2D eigenvalue weighted by Gasteiger charge is -2.26. The molecule has 156 valence electrons. The van der Waals surface area contributed by atoms with E-state index in [-0.39, 0.29) is 21.8 Å². The van der Waals surface area contributed by atoms with Crippen LogP contribution in [0.3, 0.4) is 0 Å². The Bertz CT molecular complexity index is 1090. The lowest BCUT2D eigenvalue weighted by atomic mass is 10.1. The Hall–Kier alpha value is -3.08. The first-order valence-corrected chi connectivity index (χ1v) is 10.0. The van der Waals surface area contributed by atoms with Crippen LogP contribution in [-0.2, 0) is 16.0 Å². The van der Waals surface area contributed by atoms with Gasteiger partial charge in [0.25, 0.3) is 5.91 Å². The first-order valence-electron chi connectivity index (χ1n) is 8.12. The lowest BCUT2D eigenvalue weighted by Crippen LogP contribution is -2.24. The van der Waals surface area contributed by atoms with Crippen molar-refractivity contribution < 1.29 is 26.4 Å². The number of rotatable bonds is 4. The number of anilines is 2. The minimum atomic E-state index is -4.64. The van der Waals surface area contributed by atoms with Crippen molar-refractivity contribution >= 4 is 33.1 Å². The third kappa shape index (κ3) is 4.86. The highest BCUT2D eigenvalue weighted by molar-refractivity contribution is 7.90. The predicted molar refractivity (Wildman–Crippen MR) is 104 cm³/mol. The zero-order valence-electron chi connectivity index (χ0n) is 15.8. The molecule has 0 bridgehead atoms. The summed E-state index contributed by atoms with van der Waals surface area (Å²) in [6.07, 6.45) is -3.76. The maximum absolute atomic E-state index is 13.4. The van der Waals surface area contributed by atoms with Crippen molar-refractivity contribution in [2.45, 2.75) is 18.0 Å². The Balaban J connectivity index is 2.76. The van der Waals surface area contributed by atoms with Crippen LogP contribution in [-0.4, -0.2) is 33.6 Å². The maximum Gasteiger partial charge on any atom is 0.418 e. The first-order chi connectivity index (χ1) is 13.2. The van der Waals surface area contributed by atoms with E-state index in [1.54, 1.807) is 0 Å². The van der Waals surface area contributed by atoms with Gasteiger partial charge in [0.1, 0.15) is 0 Å². The van der Waals surface area contributed by atoms with Crippen molar-refractivity contribution in [1.29, 1.82) is 0 Å². The van der Waals surface area contributed by atoms with Crippen LogP contribution in [0.2, 0.25) is 0 Å². The minimum Gasteiger partial charge on any atom is -0.370 e. The Morgan fingerprint density at radius 2 is 1.69 bits per heavy atom. The fraction of sp³-hybridized carbons (Fsp3) is 0.222. The van der Waals surface area contributed by atoms with Crippen LogP contribution < -0.4 is 16.4 Å². The first kappa shape index (κ1) is 22.2. The summed E-state index contributed by atoms with van der Waals surface area (Å²) in [6, 6.07) is 7.13. The van der Waals surface area contributed by atoms with E-state index in [2.05, 4.69) is 4.99 Å². The topological polar surface area (TPSA) is 119 Å². The molecule has 0 aliphatic carbocycles. The summed E-state index contributed by atoms with van der Waals surface area (Å²) in [4.78, 5) is 16.3. The lowest BCUT2D eigenvalue weighted by molar-refractivity contribution is -0.137. The summed E-state index contributed by atoms with van der Waals surface area (Å²) < 4.78 is 64.9. The number of hydrogen-bond acceptors (Lipinski definition) is 4. The van der Waals surface area contributed by atoms with Crippen molar-refractivity contribution in [2.24, 2.45) is 16.5 Å². The Morgan fingerprint density at radius 3 is 2.21 bits per heavy atom. The number of carbonyl (C=O) groups is 1. The van der Waals surface area contributed by atoms with Crippen molar-refractivity contribution in [1.82, 2.24) is 0 Å². The number of carbonyl (C=O) groups excluding carboxylic acids is 1. The summed E-state index contributed by atoms with van der Waals surface area (Å²) in [7, 11) is -2.61. The molecule has 0 aromatic heterocycles. The molecule has 11 heteroatoms. The molecule has 2 aromatic carbocycles. The van der Waals surface area contributed by atoms with Gasteiger partial charge in [-0.05, 0) is 36.8 Å². The third-order valence-corrected chi connectivity index (χ3v) is 5.22. The third-order valence-electron chi connectivity index (χ3n) is 4.10. The Kier molecular flexibility index (Phi) is 5.93. The minimum absolute atomic E-state index is 0.0250. The second-order valence-corrected chi connectivity index (χ2v) is 8.31. The summed E-state index contributed by atoms with van der Waals surface area (Å²) >= 11 is 0. The SMILES string of the molecule is Cc1cc(N(C)c2ccccc2C(F)(F)F)c(S(C)(=O)=O)cc1C(=O)N=C(N)N. The molecule has 0 heterocycles. The van der Waals surface area contributed by atoms with Gasteiger partial charge in [0.05, 0.1) is 21.8 Å². The number of hydrogen-bond donors (Lipinski definition) is 2. The van der Waals surface area contributed by atoms with E-state index in [0.29, 0.717) is 5.56 Å². The molecular formula is C18H19F3N4O3S. The van der Waals surface area contributed by atoms with Gasteiger partial charge >= 0.3 is 6.18 Å². The van der Waals surface area contributed by atoms with Crippen LogP contribution in [0.15, 0.2) is 46.3 Å². The molecule has 0 aliphatic rings. The van der Waals surface area contributed by atoms with Crippen molar-refractivity contribution in [3.63, 3.8) is 0 Å². The van der Waals surface area contributed by atoms with Crippen LogP contribution >= 0.6 is 0 Å². The molecule has 7 nitrogen and oxygen atoms in total. The van der Waals surface area contributed by atoms with Crippen molar-refractivity contribution in [3.8, 4) is 0 Å². The number of aryl methyl sites for hydroxylation is 1. The molecule has 0 fully saturated rings. The molecule has 4 N–H and O–H groups in total. The molecule has 0 aliphatic heterocycles.